The molecule has 3 amide bonds. The van der Waals surface area contributed by atoms with Crippen LogP contribution in [0.4, 0.5) is 4.79 Å². The van der Waals surface area contributed by atoms with Crippen molar-refractivity contribution in [2.24, 2.45) is 5.73 Å². The molecule has 0 aliphatic carbocycles. The third-order valence-corrected chi connectivity index (χ3v) is 7.58. The molecule has 0 aliphatic rings. The number of hydrogen-bond acceptors (Lipinski definition) is 5. The van der Waals surface area contributed by atoms with Crippen LogP contribution < -0.4 is 15.8 Å². The van der Waals surface area contributed by atoms with Gasteiger partial charge in [-0.15, -0.1) is 0 Å². The molecule has 2 atom stereocenters. The highest BCUT2D eigenvalue weighted by atomic mass is 16.5. The Morgan fingerprint density at radius 1 is 0.773 bits per heavy atom. The monoisotopic (exact) mass is 593 g/mol. The van der Waals surface area contributed by atoms with Gasteiger partial charge in [-0.1, -0.05) is 103 Å². The molecule has 0 bridgehead atoms. The van der Waals surface area contributed by atoms with Gasteiger partial charge in [-0.25, -0.2) is 4.79 Å². The van der Waals surface area contributed by atoms with Gasteiger partial charge >= 0.3 is 6.09 Å². The first-order chi connectivity index (χ1) is 21.4. The van der Waals surface area contributed by atoms with Crippen molar-refractivity contribution in [3.8, 4) is 5.75 Å². The first kappa shape index (κ1) is 31.8. The van der Waals surface area contributed by atoms with Crippen LogP contribution in [-0.2, 0) is 20.9 Å². The molecule has 4 aromatic carbocycles. The Hall–Kier alpha value is -5.11. The number of nitrogens with zero attached hydrogens (tertiary/aromatic N) is 1. The number of primary amides is 1. The zero-order valence-electron chi connectivity index (χ0n) is 25.1. The molecule has 8 nitrogen and oxygen atoms in total. The third kappa shape index (κ3) is 8.47. The molecule has 0 aromatic heterocycles. The van der Waals surface area contributed by atoms with Crippen LogP contribution in [0.3, 0.4) is 0 Å². The second-order valence-electron chi connectivity index (χ2n) is 10.5. The molecule has 0 radical (unpaired) electrons. The Bertz CT molecular complexity index is 1440. The summed E-state index contributed by atoms with van der Waals surface area (Å²) >= 11 is 0. The number of methoxy groups -OCH3 is 1. The lowest BCUT2D eigenvalue weighted by atomic mass is 9.88. The molecule has 0 aliphatic heterocycles. The molecule has 3 N–H and O–H groups in total. The van der Waals surface area contributed by atoms with Gasteiger partial charge in [-0.2, -0.15) is 0 Å². The SMILES string of the molecule is COc1ccc([C@@H](C)N(C(=O)C(c2ccccc2)c2ccccc2)[C@H](CCCNC(=O)OCc2ccccc2)C(N)=O)cc1. The largest absolute Gasteiger partial charge is 0.497 e. The van der Waals surface area contributed by atoms with E-state index in [0.717, 1.165) is 22.3 Å². The van der Waals surface area contributed by atoms with Crippen LogP contribution in [0.15, 0.2) is 115 Å². The van der Waals surface area contributed by atoms with E-state index in [1.807, 2.05) is 122 Å². The summed E-state index contributed by atoms with van der Waals surface area (Å²) in [5, 5.41) is 2.73. The van der Waals surface area contributed by atoms with Crippen molar-refractivity contribution in [2.75, 3.05) is 13.7 Å². The van der Waals surface area contributed by atoms with Gasteiger partial charge in [0.25, 0.3) is 0 Å². The molecule has 0 saturated carbocycles. The Balaban J connectivity index is 1.57. The van der Waals surface area contributed by atoms with E-state index in [2.05, 4.69) is 5.32 Å². The number of hydrogen-bond donors (Lipinski definition) is 2. The maximum Gasteiger partial charge on any atom is 0.407 e. The Morgan fingerprint density at radius 2 is 1.32 bits per heavy atom. The highest BCUT2D eigenvalue weighted by molar-refractivity contribution is 5.92. The van der Waals surface area contributed by atoms with Gasteiger partial charge < -0.3 is 25.4 Å². The number of amides is 3. The quantitative estimate of drug-likeness (QED) is 0.175. The van der Waals surface area contributed by atoms with E-state index in [9.17, 15) is 14.4 Å². The van der Waals surface area contributed by atoms with Crippen LogP contribution in [0.2, 0.25) is 0 Å². The van der Waals surface area contributed by atoms with Crippen molar-refractivity contribution < 1.29 is 23.9 Å². The minimum absolute atomic E-state index is 0.151. The summed E-state index contributed by atoms with van der Waals surface area (Å²) in [5.74, 6) is -0.844. The second-order valence-corrected chi connectivity index (χ2v) is 10.5. The van der Waals surface area contributed by atoms with Crippen LogP contribution in [0, 0.1) is 0 Å². The second kappa shape index (κ2) is 15.9. The first-order valence-electron chi connectivity index (χ1n) is 14.7. The number of ether oxygens (including phenoxy) is 2. The molecule has 0 fully saturated rings. The lowest BCUT2D eigenvalue weighted by molar-refractivity contribution is -0.142. The average Bonchev–Trinajstić information content (AvgIpc) is 3.06. The Labute approximate surface area is 258 Å². The van der Waals surface area contributed by atoms with Gasteiger partial charge in [-0.3, -0.25) is 9.59 Å². The third-order valence-electron chi connectivity index (χ3n) is 7.58. The van der Waals surface area contributed by atoms with Crippen molar-refractivity contribution in [3.63, 3.8) is 0 Å². The highest BCUT2D eigenvalue weighted by Crippen LogP contribution is 2.33. The predicted molar refractivity (Wildman–Crippen MR) is 170 cm³/mol. The van der Waals surface area contributed by atoms with Gasteiger partial charge in [0.15, 0.2) is 0 Å². The lowest BCUT2D eigenvalue weighted by Gasteiger charge is -2.38. The molecule has 8 heteroatoms. The summed E-state index contributed by atoms with van der Waals surface area (Å²) in [6.07, 6.45) is 0.0861. The van der Waals surface area contributed by atoms with Gasteiger partial charge in [0.1, 0.15) is 18.4 Å². The molecule has 44 heavy (non-hydrogen) atoms. The van der Waals surface area contributed by atoms with E-state index >= 15 is 0 Å². The summed E-state index contributed by atoms with van der Waals surface area (Å²) in [6, 6.07) is 34.4. The normalized spacial score (nSPS) is 12.2. The van der Waals surface area contributed by atoms with Gasteiger partial charge in [0.2, 0.25) is 11.8 Å². The Kier molecular flexibility index (Phi) is 11.5. The number of alkyl carbamates (subject to hydrolysis) is 1. The Morgan fingerprint density at radius 3 is 1.84 bits per heavy atom. The van der Waals surface area contributed by atoms with Crippen LogP contribution in [-0.4, -0.2) is 42.5 Å². The van der Waals surface area contributed by atoms with E-state index in [1.54, 1.807) is 12.0 Å². The average molecular weight is 594 g/mol. The number of carbonyl (C=O) groups is 3. The van der Waals surface area contributed by atoms with Crippen LogP contribution in [0.25, 0.3) is 0 Å². The summed E-state index contributed by atoms with van der Waals surface area (Å²) in [7, 11) is 1.59. The van der Waals surface area contributed by atoms with Crippen molar-refractivity contribution >= 4 is 17.9 Å². The van der Waals surface area contributed by atoms with Gasteiger partial charge in [0.05, 0.1) is 19.1 Å². The molecule has 0 spiro atoms. The standard InChI is InChI=1S/C36H39N3O5/c1-26(28-20-22-31(43-2)23-21-28)39(35(41)33(29-15-8-4-9-16-29)30-17-10-5-11-18-30)32(34(37)40)19-12-24-38-36(42)44-25-27-13-6-3-7-14-27/h3-11,13-18,20-23,26,32-33H,12,19,24-25H2,1-2H3,(H2,37,40)(H,38,42)/t26-,32-/m1/s1. The molecule has 4 rings (SSSR count). The van der Waals surface area contributed by atoms with Crippen LogP contribution in [0.1, 0.15) is 54.0 Å². The van der Waals surface area contributed by atoms with Crippen molar-refractivity contribution in [1.82, 2.24) is 10.2 Å². The maximum absolute atomic E-state index is 14.7. The van der Waals surface area contributed by atoms with Crippen molar-refractivity contribution in [3.05, 3.63) is 138 Å². The number of nitrogens with one attached hydrogen (secondary N) is 1. The zero-order valence-corrected chi connectivity index (χ0v) is 25.1. The van der Waals surface area contributed by atoms with E-state index < -0.39 is 30.0 Å². The number of benzene rings is 4. The number of nitrogens with two attached hydrogens (primary N) is 1. The minimum atomic E-state index is -0.934. The zero-order chi connectivity index (χ0) is 31.3. The molecule has 0 unspecified atom stereocenters. The minimum Gasteiger partial charge on any atom is -0.497 e. The van der Waals surface area contributed by atoms with Gasteiger partial charge in [0, 0.05) is 6.54 Å². The molecular weight excluding hydrogens is 554 g/mol. The van der Waals surface area contributed by atoms with Crippen molar-refractivity contribution in [1.29, 1.82) is 0 Å². The van der Waals surface area contributed by atoms with Crippen LogP contribution >= 0.6 is 0 Å². The van der Waals surface area contributed by atoms with E-state index in [4.69, 9.17) is 15.2 Å². The van der Waals surface area contributed by atoms with Crippen molar-refractivity contribution in [2.45, 2.75) is 44.4 Å². The molecular formula is C36H39N3O5. The summed E-state index contributed by atoms with van der Waals surface area (Å²) in [4.78, 5) is 41.6. The molecule has 228 valence electrons. The first-order valence-corrected chi connectivity index (χ1v) is 14.7. The van der Waals surface area contributed by atoms with E-state index in [0.29, 0.717) is 12.2 Å². The fourth-order valence-electron chi connectivity index (χ4n) is 5.25. The van der Waals surface area contributed by atoms with E-state index in [-0.39, 0.29) is 25.5 Å². The van der Waals surface area contributed by atoms with Crippen LogP contribution in [0.5, 0.6) is 5.75 Å². The molecule has 4 aromatic rings. The maximum atomic E-state index is 14.7. The fraction of sp³-hybridized carbons (Fsp3) is 0.250. The lowest BCUT2D eigenvalue weighted by Crippen LogP contribution is -2.51. The highest BCUT2D eigenvalue weighted by Gasteiger charge is 2.37. The number of rotatable bonds is 14. The molecule has 0 heterocycles. The summed E-state index contributed by atoms with van der Waals surface area (Å²) in [5.41, 5.74) is 9.32. The summed E-state index contributed by atoms with van der Waals surface area (Å²) in [6.45, 7) is 2.29. The fourth-order valence-corrected chi connectivity index (χ4v) is 5.25. The van der Waals surface area contributed by atoms with E-state index in [1.165, 1.54) is 0 Å². The molecule has 0 saturated heterocycles. The smallest absolute Gasteiger partial charge is 0.407 e. The topological polar surface area (TPSA) is 111 Å². The number of carbonyl (C=O) groups excluding carboxylic acids is 3. The predicted octanol–water partition coefficient (Wildman–Crippen LogP) is 5.98. The summed E-state index contributed by atoms with van der Waals surface area (Å²) < 4.78 is 10.6. The van der Waals surface area contributed by atoms with Gasteiger partial charge in [-0.05, 0) is 54.2 Å².